The second-order valence-electron chi connectivity index (χ2n) is 6.72. The van der Waals surface area contributed by atoms with Crippen LogP contribution in [0.25, 0.3) is 0 Å². The van der Waals surface area contributed by atoms with Crippen molar-refractivity contribution >= 4 is 0 Å². The zero-order chi connectivity index (χ0) is 15.4. The van der Waals surface area contributed by atoms with Gasteiger partial charge in [0.1, 0.15) is 11.6 Å². The molecule has 2 rings (SSSR count). The lowest BCUT2D eigenvalue weighted by Crippen LogP contribution is -2.29. The van der Waals surface area contributed by atoms with Crippen LogP contribution in [0, 0.1) is 24.5 Å². The Morgan fingerprint density at radius 3 is 2.43 bits per heavy atom. The van der Waals surface area contributed by atoms with E-state index in [2.05, 4.69) is 19.2 Å². The van der Waals surface area contributed by atoms with Gasteiger partial charge in [-0.05, 0) is 37.3 Å². The summed E-state index contributed by atoms with van der Waals surface area (Å²) in [7, 11) is 0. The van der Waals surface area contributed by atoms with E-state index in [1.54, 1.807) is 13.0 Å². The third-order valence-corrected chi connectivity index (χ3v) is 4.53. The van der Waals surface area contributed by atoms with Gasteiger partial charge in [0.05, 0.1) is 0 Å². The molecule has 1 nitrogen and oxygen atoms in total. The number of benzene rings is 1. The van der Waals surface area contributed by atoms with Crippen molar-refractivity contribution in [3.05, 3.63) is 34.9 Å². The molecule has 1 aliphatic carbocycles. The molecule has 1 saturated carbocycles. The molecular formula is C18H27F2N. The van der Waals surface area contributed by atoms with E-state index in [-0.39, 0.29) is 12.1 Å². The molecule has 21 heavy (non-hydrogen) atoms. The smallest absolute Gasteiger partial charge is 0.130 e. The van der Waals surface area contributed by atoms with Gasteiger partial charge in [-0.25, -0.2) is 8.78 Å². The molecule has 0 radical (unpaired) electrons. The van der Waals surface area contributed by atoms with E-state index in [1.807, 2.05) is 0 Å². The molecule has 1 fully saturated rings. The molecular weight excluding hydrogens is 268 g/mol. The Bertz CT molecular complexity index is 465. The first kappa shape index (κ1) is 16.4. The Morgan fingerprint density at radius 1 is 1.14 bits per heavy atom. The maximum Gasteiger partial charge on any atom is 0.130 e. The Morgan fingerprint density at radius 2 is 1.81 bits per heavy atom. The van der Waals surface area contributed by atoms with Crippen LogP contribution in [0.4, 0.5) is 8.78 Å². The van der Waals surface area contributed by atoms with E-state index < -0.39 is 11.6 Å². The Labute approximate surface area is 127 Å². The van der Waals surface area contributed by atoms with Crippen LogP contribution in [-0.4, -0.2) is 6.04 Å². The highest BCUT2D eigenvalue weighted by molar-refractivity contribution is 5.28. The standard InChI is InChI=1S/C18H27F2N/c1-12(2)21-18(9-8-14-6-4-5-7-14)15-10-13(3)16(19)11-17(15)20/h10-12,14,18,21H,4-9H2,1-3H3. The van der Waals surface area contributed by atoms with Crippen molar-refractivity contribution in [3.63, 3.8) is 0 Å². The summed E-state index contributed by atoms with van der Waals surface area (Å²) in [5, 5.41) is 3.45. The zero-order valence-corrected chi connectivity index (χ0v) is 13.4. The number of nitrogens with one attached hydrogen (secondary N) is 1. The van der Waals surface area contributed by atoms with Crippen molar-refractivity contribution in [1.29, 1.82) is 0 Å². The SMILES string of the molecule is Cc1cc(C(CCC2CCCC2)NC(C)C)c(F)cc1F. The molecule has 0 spiro atoms. The van der Waals surface area contributed by atoms with Gasteiger partial charge in [0.2, 0.25) is 0 Å². The number of rotatable bonds is 6. The molecule has 0 amide bonds. The first-order chi connectivity index (χ1) is 9.97. The molecule has 1 aliphatic rings. The van der Waals surface area contributed by atoms with E-state index in [0.29, 0.717) is 11.1 Å². The maximum atomic E-state index is 14.2. The van der Waals surface area contributed by atoms with Crippen molar-refractivity contribution in [1.82, 2.24) is 5.32 Å². The van der Waals surface area contributed by atoms with Crippen LogP contribution >= 0.6 is 0 Å². The second kappa shape index (κ2) is 7.35. The summed E-state index contributed by atoms with van der Waals surface area (Å²) >= 11 is 0. The van der Waals surface area contributed by atoms with E-state index >= 15 is 0 Å². The van der Waals surface area contributed by atoms with Crippen molar-refractivity contribution in [3.8, 4) is 0 Å². The van der Waals surface area contributed by atoms with Crippen LogP contribution in [0.15, 0.2) is 12.1 Å². The molecule has 0 heterocycles. The predicted octanol–water partition coefficient (Wildman–Crippen LogP) is 5.28. The predicted molar refractivity (Wildman–Crippen MR) is 83.3 cm³/mol. The summed E-state index contributed by atoms with van der Waals surface area (Å²) in [6, 6.07) is 2.95. The van der Waals surface area contributed by atoms with E-state index in [4.69, 9.17) is 0 Å². The van der Waals surface area contributed by atoms with Crippen LogP contribution in [-0.2, 0) is 0 Å². The average molecular weight is 295 g/mol. The lowest BCUT2D eigenvalue weighted by atomic mass is 9.93. The molecule has 1 atom stereocenters. The number of halogens is 2. The summed E-state index contributed by atoms with van der Waals surface area (Å²) in [5.74, 6) is -0.107. The van der Waals surface area contributed by atoms with Gasteiger partial charge in [0.25, 0.3) is 0 Å². The molecule has 0 bridgehead atoms. The lowest BCUT2D eigenvalue weighted by Gasteiger charge is -2.24. The Balaban J connectivity index is 2.12. The highest BCUT2D eigenvalue weighted by Gasteiger charge is 2.21. The van der Waals surface area contributed by atoms with Crippen molar-refractivity contribution < 1.29 is 8.78 Å². The lowest BCUT2D eigenvalue weighted by molar-refractivity contribution is 0.381. The van der Waals surface area contributed by atoms with Gasteiger partial charge in [-0.2, -0.15) is 0 Å². The van der Waals surface area contributed by atoms with Gasteiger partial charge in [-0.1, -0.05) is 39.5 Å². The minimum atomic E-state index is -0.463. The molecule has 1 aromatic carbocycles. The van der Waals surface area contributed by atoms with Crippen LogP contribution in [0.1, 0.15) is 69.5 Å². The third kappa shape index (κ3) is 4.50. The number of hydrogen-bond donors (Lipinski definition) is 1. The molecule has 118 valence electrons. The molecule has 0 aromatic heterocycles. The average Bonchev–Trinajstić information content (AvgIpc) is 2.92. The Hall–Kier alpha value is -0.960. The van der Waals surface area contributed by atoms with Gasteiger partial charge >= 0.3 is 0 Å². The quantitative estimate of drug-likeness (QED) is 0.752. The zero-order valence-electron chi connectivity index (χ0n) is 13.4. The van der Waals surface area contributed by atoms with Crippen LogP contribution in [0.5, 0.6) is 0 Å². The fourth-order valence-corrected chi connectivity index (χ4v) is 3.38. The van der Waals surface area contributed by atoms with Crippen LogP contribution < -0.4 is 5.32 Å². The fraction of sp³-hybridized carbons (Fsp3) is 0.667. The Kier molecular flexibility index (Phi) is 5.74. The van der Waals surface area contributed by atoms with Gasteiger partial charge in [-0.3, -0.25) is 0 Å². The molecule has 0 saturated heterocycles. The summed E-state index contributed by atoms with van der Waals surface area (Å²) in [6.45, 7) is 5.83. The minimum absolute atomic E-state index is 0.0232. The fourth-order valence-electron chi connectivity index (χ4n) is 3.38. The normalized spacial score (nSPS) is 17.6. The first-order valence-electron chi connectivity index (χ1n) is 8.19. The van der Waals surface area contributed by atoms with E-state index in [9.17, 15) is 8.78 Å². The van der Waals surface area contributed by atoms with Crippen molar-refractivity contribution in [2.45, 2.75) is 71.4 Å². The number of aryl methyl sites for hydroxylation is 1. The van der Waals surface area contributed by atoms with Gasteiger partial charge in [0, 0.05) is 23.7 Å². The van der Waals surface area contributed by atoms with Crippen molar-refractivity contribution in [2.24, 2.45) is 5.92 Å². The molecule has 1 N–H and O–H groups in total. The second-order valence-corrected chi connectivity index (χ2v) is 6.72. The molecule has 0 aliphatic heterocycles. The van der Waals surface area contributed by atoms with E-state index in [1.165, 1.54) is 25.7 Å². The van der Waals surface area contributed by atoms with Gasteiger partial charge in [0.15, 0.2) is 0 Å². The molecule has 3 heteroatoms. The third-order valence-electron chi connectivity index (χ3n) is 4.53. The first-order valence-corrected chi connectivity index (χ1v) is 8.19. The van der Waals surface area contributed by atoms with Crippen molar-refractivity contribution in [2.75, 3.05) is 0 Å². The van der Waals surface area contributed by atoms with Gasteiger partial charge in [-0.15, -0.1) is 0 Å². The molecule has 1 aromatic rings. The topological polar surface area (TPSA) is 12.0 Å². The summed E-state index contributed by atoms with van der Waals surface area (Å²) < 4.78 is 27.6. The largest absolute Gasteiger partial charge is 0.308 e. The monoisotopic (exact) mass is 295 g/mol. The van der Waals surface area contributed by atoms with Crippen LogP contribution in [0.2, 0.25) is 0 Å². The number of hydrogen-bond acceptors (Lipinski definition) is 1. The van der Waals surface area contributed by atoms with E-state index in [0.717, 1.165) is 24.8 Å². The summed E-state index contributed by atoms with van der Waals surface area (Å²) in [5.41, 5.74) is 1.13. The van der Waals surface area contributed by atoms with Gasteiger partial charge < -0.3 is 5.32 Å². The summed E-state index contributed by atoms with van der Waals surface area (Å²) in [4.78, 5) is 0. The van der Waals surface area contributed by atoms with Crippen LogP contribution in [0.3, 0.4) is 0 Å². The highest BCUT2D eigenvalue weighted by atomic mass is 19.1. The highest BCUT2D eigenvalue weighted by Crippen LogP contribution is 2.32. The maximum absolute atomic E-state index is 14.2. The summed E-state index contributed by atoms with van der Waals surface area (Å²) in [6.07, 6.45) is 7.32. The minimum Gasteiger partial charge on any atom is -0.308 e. The molecule has 1 unspecified atom stereocenters.